The van der Waals surface area contributed by atoms with Crippen molar-refractivity contribution in [3.05, 3.63) is 20.3 Å². The van der Waals surface area contributed by atoms with E-state index in [2.05, 4.69) is 0 Å². The van der Waals surface area contributed by atoms with E-state index in [1.54, 1.807) is 6.07 Å². The van der Waals surface area contributed by atoms with Crippen molar-refractivity contribution in [1.29, 1.82) is 0 Å². The Morgan fingerprint density at radius 1 is 1.44 bits per heavy atom. The van der Waals surface area contributed by atoms with Gasteiger partial charge in [0, 0.05) is 16.2 Å². The predicted molar refractivity (Wildman–Crippen MR) is 63.3 cm³/mol. The van der Waals surface area contributed by atoms with E-state index in [1.165, 1.54) is 0 Å². The number of nitrogens with zero attached hydrogens (tertiary/aromatic N) is 1. The highest BCUT2D eigenvalue weighted by molar-refractivity contribution is 8.12. The Morgan fingerprint density at radius 3 is 2.44 bits per heavy atom. The molecule has 0 spiro atoms. The number of thiophene rings is 1. The van der Waals surface area contributed by atoms with E-state index in [9.17, 15) is 13.2 Å². The fraction of sp³-hybridized carbons (Fsp3) is 0.286. The normalized spacial score (nSPS) is 21.1. The van der Waals surface area contributed by atoms with Crippen LogP contribution in [0.3, 0.4) is 0 Å². The molecule has 1 saturated heterocycles. The summed E-state index contributed by atoms with van der Waals surface area (Å²) in [4.78, 5) is 11.2. The predicted octanol–water partition coefficient (Wildman–Crippen LogP) is 2.81. The first kappa shape index (κ1) is 12.4. The van der Waals surface area contributed by atoms with Crippen molar-refractivity contribution >= 4 is 60.4 Å². The van der Waals surface area contributed by atoms with Crippen LogP contribution in [0.5, 0.6) is 0 Å². The molecule has 1 unspecified atom stereocenters. The highest BCUT2D eigenvalue weighted by Gasteiger charge is 2.45. The molecule has 0 radical (unpaired) electrons. The molecule has 9 heteroatoms. The molecule has 16 heavy (non-hydrogen) atoms. The molecule has 0 saturated carbocycles. The van der Waals surface area contributed by atoms with Crippen LogP contribution in [0.4, 0.5) is 0 Å². The lowest BCUT2D eigenvalue weighted by Crippen LogP contribution is -2.47. The van der Waals surface area contributed by atoms with Crippen molar-refractivity contribution in [1.82, 2.24) is 4.31 Å². The lowest BCUT2D eigenvalue weighted by molar-refractivity contribution is -0.137. The van der Waals surface area contributed by atoms with Gasteiger partial charge in [0.15, 0.2) is 0 Å². The summed E-state index contributed by atoms with van der Waals surface area (Å²) in [7, 11) is 1.08. The zero-order chi connectivity index (χ0) is 12.1. The summed E-state index contributed by atoms with van der Waals surface area (Å²) < 4.78 is 23.7. The Hall–Kier alpha value is -0.0100. The fourth-order valence-electron chi connectivity index (χ4n) is 1.49. The van der Waals surface area contributed by atoms with E-state index in [0.717, 1.165) is 11.3 Å². The first-order valence-electron chi connectivity index (χ1n) is 4.02. The number of hydrogen-bond acceptors (Lipinski definition) is 4. The van der Waals surface area contributed by atoms with Gasteiger partial charge in [-0.1, -0.05) is 23.2 Å². The van der Waals surface area contributed by atoms with Gasteiger partial charge in [-0.15, -0.1) is 11.3 Å². The zero-order valence-electron chi connectivity index (χ0n) is 7.48. The van der Waals surface area contributed by atoms with Crippen molar-refractivity contribution in [2.45, 2.75) is 12.5 Å². The minimum absolute atomic E-state index is 0.0682. The van der Waals surface area contributed by atoms with E-state index < -0.39 is 21.2 Å². The Bertz CT molecular complexity index is 553. The van der Waals surface area contributed by atoms with Gasteiger partial charge in [0.2, 0.25) is 5.91 Å². The molecule has 2 heterocycles. The second-order valence-electron chi connectivity index (χ2n) is 3.13. The Balaban J connectivity index is 2.38. The van der Waals surface area contributed by atoms with Crippen LogP contribution in [-0.2, 0) is 14.0 Å². The van der Waals surface area contributed by atoms with E-state index >= 15 is 0 Å². The van der Waals surface area contributed by atoms with E-state index in [4.69, 9.17) is 33.9 Å². The summed E-state index contributed by atoms with van der Waals surface area (Å²) in [6, 6.07) is 0.909. The third-order valence-corrected chi connectivity index (χ3v) is 5.07. The van der Waals surface area contributed by atoms with Crippen LogP contribution in [0.2, 0.25) is 8.67 Å². The molecule has 0 aromatic carbocycles. The quantitative estimate of drug-likeness (QED) is 0.622. The first-order chi connectivity index (χ1) is 7.30. The van der Waals surface area contributed by atoms with Gasteiger partial charge in [0.25, 0.3) is 0 Å². The SMILES string of the molecule is O=C1CC(c2cc(Cl)sc2Cl)N1S(=O)(=O)Cl. The summed E-state index contributed by atoms with van der Waals surface area (Å²) in [6.45, 7) is 0. The zero-order valence-corrected chi connectivity index (χ0v) is 11.4. The van der Waals surface area contributed by atoms with Crippen LogP contribution < -0.4 is 0 Å². The topological polar surface area (TPSA) is 54.5 Å². The molecule has 1 aliphatic rings. The maximum Gasteiger partial charge on any atom is 0.324 e. The number of carbonyl (C=O) groups is 1. The van der Waals surface area contributed by atoms with Gasteiger partial charge in [0.05, 0.1) is 21.1 Å². The second kappa shape index (κ2) is 4.03. The number of β-lactam (4-membered cyclic amide) rings is 1. The summed E-state index contributed by atoms with van der Waals surface area (Å²) >= 11 is 12.7. The number of hydrogen-bond donors (Lipinski definition) is 0. The molecule has 1 aromatic rings. The van der Waals surface area contributed by atoms with Crippen LogP contribution in [0.25, 0.3) is 0 Å². The lowest BCUT2D eigenvalue weighted by atomic mass is 10.0. The third-order valence-electron chi connectivity index (χ3n) is 2.17. The monoisotopic (exact) mass is 319 g/mol. The number of carbonyl (C=O) groups excluding carboxylic acids is 1. The molecule has 4 nitrogen and oxygen atoms in total. The molecule has 1 aliphatic heterocycles. The van der Waals surface area contributed by atoms with E-state index in [0.29, 0.717) is 18.5 Å². The van der Waals surface area contributed by atoms with Crippen LogP contribution in [0.1, 0.15) is 18.0 Å². The smallest absolute Gasteiger partial charge is 0.274 e. The molecule has 0 aliphatic carbocycles. The summed E-state index contributed by atoms with van der Waals surface area (Å²) in [5.41, 5.74) is 0.514. The second-order valence-corrected chi connectivity index (χ2v) is 7.80. The van der Waals surface area contributed by atoms with Crippen molar-refractivity contribution < 1.29 is 13.2 Å². The molecule has 1 atom stereocenters. The molecule has 0 N–H and O–H groups in total. The largest absolute Gasteiger partial charge is 0.324 e. The van der Waals surface area contributed by atoms with Crippen molar-refractivity contribution in [3.63, 3.8) is 0 Å². The van der Waals surface area contributed by atoms with E-state index in [-0.39, 0.29) is 6.42 Å². The maximum absolute atomic E-state index is 11.2. The Labute approximate surface area is 110 Å². The molecule has 1 aromatic heterocycles. The van der Waals surface area contributed by atoms with E-state index in [1.807, 2.05) is 0 Å². The van der Waals surface area contributed by atoms with Gasteiger partial charge < -0.3 is 0 Å². The Kier molecular flexibility index (Phi) is 3.13. The molecule has 1 fully saturated rings. The minimum Gasteiger partial charge on any atom is -0.274 e. The highest BCUT2D eigenvalue weighted by atomic mass is 35.7. The van der Waals surface area contributed by atoms with Crippen molar-refractivity contribution in [2.75, 3.05) is 0 Å². The third kappa shape index (κ3) is 2.04. The van der Waals surface area contributed by atoms with Crippen LogP contribution in [0.15, 0.2) is 6.07 Å². The Morgan fingerprint density at radius 2 is 2.06 bits per heavy atom. The lowest BCUT2D eigenvalue weighted by Gasteiger charge is -2.36. The molecular formula is C7H4Cl3NO3S2. The summed E-state index contributed by atoms with van der Waals surface area (Å²) in [6.07, 6.45) is 0.0682. The maximum atomic E-state index is 11.2. The molecule has 88 valence electrons. The minimum atomic E-state index is -4.06. The highest BCUT2D eigenvalue weighted by Crippen LogP contribution is 2.44. The fourth-order valence-corrected chi connectivity index (χ4v) is 4.39. The number of halogens is 3. The average molecular weight is 321 g/mol. The van der Waals surface area contributed by atoms with Crippen LogP contribution >= 0.6 is 45.2 Å². The van der Waals surface area contributed by atoms with Gasteiger partial charge in [-0.3, -0.25) is 4.79 Å². The van der Waals surface area contributed by atoms with Crippen molar-refractivity contribution in [2.24, 2.45) is 0 Å². The summed E-state index contributed by atoms with van der Waals surface area (Å²) in [5, 5.41) is 0. The molecule has 2 rings (SSSR count). The van der Waals surface area contributed by atoms with Gasteiger partial charge in [-0.05, 0) is 6.07 Å². The van der Waals surface area contributed by atoms with Crippen molar-refractivity contribution in [3.8, 4) is 0 Å². The average Bonchev–Trinajstić information content (AvgIpc) is 2.37. The standard InChI is InChI=1S/C7H4Cl3NO3S2/c8-5-1-3(7(9)15-5)4-2-6(12)11(4)16(10,13)14/h1,4H,2H2. The number of amides is 1. The molecule has 0 bridgehead atoms. The van der Waals surface area contributed by atoms with Gasteiger partial charge in [-0.2, -0.15) is 8.42 Å². The first-order valence-corrected chi connectivity index (χ1v) is 7.86. The van der Waals surface area contributed by atoms with Gasteiger partial charge >= 0.3 is 9.24 Å². The number of rotatable bonds is 2. The van der Waals surface area contributed by atoms with Gasteiger partial charge in [0.1, 0.15) is 0 Å². The van der Waals surface area contributed by atoms with Gasteiger partial charge in [-0.25, -0.2) is 4.31 Å². The summed E-state index contributed by atoms with van der Waals surface area (Å²) in [5.74, 6) is -0.543. The van der Waals surface area contributed by atoms with Crippen LogP contribution in [0, 0.1) is 0 Å². The van der Waals surface area contributed by atoms with Crippen LogP contribution in [-0.4, -0.2) is 18.6 Å². The molecular weight excluding hydrogens is 317 g/mol. The molecule has 1 amide bonds.